The quantitative estimate of drug-likeness (QED) is 0.887. The number of carbonyl (C=O) groups excluding carboxylic acids is 2. The molecule has 0 radical (unpaired) electrons. The van der Waals surface area contributed by atoms with Crippen molar-refractivity contribution >= 4 is 11.8 Å². The van der Waals surface area contributed by atoms with Gasteiger partial charge in [-0.05, 0) is 49.3 Å². The molecule has 5 nitrogen and oxygen atoms in total. The highest BCUT2D eigenvalue weighted by Gasteiger charge is 2.35. The highest BCUT2D eigenvalue weighted by molar-refractivity contribution is 5.92. The molecule has 27 heavy (non-hydrogen) atoms. The Morgan fingerprint density at radius 2 is 1.67 bits per heavy atom. The Morgan fingerprint density at radius 3 is 2.30 bits per heavy atom. The number of hydrogen-bond donors (Lipinski definition) is 1. The number of amides is 2. The molecule has 2 heterocycles. The zero-order valence-electron chi connectivity index (χ0n) is 15.4. The summed E-state index contributed by atoms with van der Waals surface area (Å²) in [6.07, 6.45) is 5.40. The van der Waals surface area contributed by atoms with Crippen LogP contribution in [0.2, 0.25) is 0 Å². The maximum atomic E-state index is 12.8. The number of nitrogens with one attached hydrogen (secondary N) is 1. The van der Waals surface area contributed by atoms with Crippen LogP contribution in [0.25, 0.3) is 0 Å². The molecule has 2 fully saturated rings. The fourth-order valence-electron chi connectivity index (χ4n) is 3.83. The molecule has 1 saturated heterocycles. The fraction of sp³-hybridized carbons (Fsp3) is 0.409. The van der Waals surface area contributed by atoms with Crippen molar-refractivity contribution in [1.29, 1.82) is 0 Å². The van der Waals surface area contributed by atoms with Crippen LogP contribution in [0, 0.1) is 11.8 Å². The van der Waals surface area contributed by atoms with Crippen LogP contribution >= 0.6 is 0 Å². The minimum Gasteiger partial charge on any atom is -0.349 e. The lowest BCUT2D eigenvalue weighted by atomic mass is 9.94. The van der Waals surface area contributed by atoms with Crippen LogP contribution in [-0.4, -0.2) is 34.8 Å². The Morgan fingerprint density at radius 1 is 0.963 bits per heavy atom. The first-order valence-electron chi connectivity index (χ1n) is 9.78. The average Bonchev–Trinajstić information content (AvgIpc) is 3.58. The number of carbonyl (C=O) groups is 2. The molecule has 5 heteroatoms. The summed E-state index contributed by atoms with van der Waals surface area (Å²) in [5, 5.41) is 3.29. The number of likely N-dealkylation sites (tertiary alicyclic amines) is 1. The van der Waals surface area contributed by atoms with E-state index in [2.05, 4.69) is 22.4 Å². The fourth-order valence-corrected chi connectivity index (χ4v) is 3.83. The zero-order valence-corrected chi connectivity index (χ0v) is 15.4. The van der Waals surface area contributed by atoms with Crippen LogP contribution in [0.4, 0.5) is 0 Å². The second-order valence-corrected chi connectivity index (χ2v) is 7.52. The van der Waals surface area contributed by atoms with Gasteiger partial charge in [0.15, 0.2) is 0 Å². The monoisotopic (exact) mass is 363 g/mol. The Labute approximate surface area is 159 Å². The largest absolute Gasteiger partial charge is 0.349 e. The van der Waals surface area contributed by atoms with E-state index < -0.39 is 0 Å². The molecule has 140 valence electrons. The van der Waals surface area contributed by atoms with Crippen LogP contribution in [0.5, 0.6) is 0 Å². The molecule has 1 saturated carbocycles. The highest BCUT2D eigenvalue weighted by Crippen LogP contribution is 2.41. The van der Waals surface area contributed by atoms with Crippen LogP contribution in [0.1, 0.15) is 47.8 Å². The molecular formula is C22H25N3O2. The summed E-state index contributed by atoms with van der Waals surface area (Å²) in [6.45, 7) is 1.21. The van der Waals surface area contributed by atoms with Crippen molar-refractivity contribution in [2.75, 3.05) is 13.1 Å². The number of hydrogen-bond acceptors (Lipinski definition) is 3. The molecule has 2 aliphatic rings. The first-order chi connectivity index (χ1) is 13.2. The van der Waals surface area contributed by atoms with E-state index in [0.29, 0.717) is 37.5 Å². The maximum absolute atomic E-state index is 12.8. The second kappa shape index (κ2) is 7.91. The molecule has 2 aromatic rings. The van der Waals surface area contributed by atoms with Crippen molar-refractivity contribution in [1.82, 2.24) is 15.2 Å². The van der Waals surface area contributed by atoms with Gasteiger partial charge >= 0.3 is 0 Å². The summed E-state index contributed by atoms with van der Waals surface area (Å²) in [5.74, 6) is 0.611. The smallest absolute Gasteiger partial charge is 0.272 e. The Bertz CT molecular complexity index is 782. The summed E-state index contributed by atoms with van der Waals surface area (Å²) < 4.78 is 0. The minimum absolute atomic E-state index is 0.0252. The third kappa shape index (κ3) is 4.18. The van der Waals surface area contributed by atoms with Crippen molar-refractivity contribution in [3.8, 4) is 0 Å². The number of benzene rings is 1. The number of nitrogens with zero attached hydrogens (tertiary/aromatic N) is 2. The SMILES string of the molecule is O=C(NC(c1ccccc1)C1CC1)C1CCN(C(=O)c2ccccn2)CC1. The van der Waals surface area contributed by atoms with E-state index in [9.17, 15) is 9.59 Å². The van der Waals surface area contributed by atoms with Gasteiger partial charge in [-0.15, -0.1) is 0 Å². The molecule has 1 unspecified atom stereocenters. The number of piperidine rings is 1. The Balaban J connectivity index is 1.34. The van der Waals surface area contributed by atoms with Gasteiger partial charge in [0.1, 0.15) is 5.69 Å². The molecule has 2 amide bonds. The van der Waals surface area contributed by atoms with E-state index >= 15 is 0 Å². The van der Waals surface area contributed by atoms with Gasteiger partial charge in [0.2, 0.25) is 5.91 Å². The third-order valence-electron chi connectivity index (χ3n) is 5.59. The van der Waals surface area contributed by atoms with E-state index in [1.165, 1.54) is 18.4 Å². The van der Waals surface area contributed by atoms with E-state index in [4.69, 9.17) is 0 Å². The lowest BCUT2D eigenvalue weighted by Gasteiger charge is -2.32. The van der Waals surface area contributed by atoms with Crippen molar-refractivity contribution in [3.63, 3.8) is 0 Å². The summed E-state index contributed by atoms with van der Waals surface area (Å²) in [6, 6.07) is 15.7. The molecule has 1 aliphatic heterocycles. The maximum Gasteiger partial charge on any atom is 0.272 e. The summed E-state index contributed by atoms with van der Waals surface area (Å²) in [5.41, 5.74) is 1.66. The van der Waals surface area contributed by atoms with Crippen LogP contribution < -0.4 is 5.32 Å². The Kier molecular flexibility index (Phi) is 5.19. The summed E-state index contributed by atoms with van der Waals surface area (Å²) in [7, 11) is 0. The second-order valence-electron chi connectivity index (χ2n) is 7.52. The summed E-state index contributed by atoms with van der Waals surface area (Å²) in [4.78, 5) is 31.3. The van der Waals surface area contributed by atoms with Gasteiger partial charge < -0.3 is 10.2 Å². The number of pyridine rings is 1. The van der Waals surface area contributed by atoms with Gasteiger partial charge in [0, 0.05) is 25.2 Å². The molecule has 1 atom stereocenters. The van der Waals surface area contributed by atoms with Crippen LogP contribution in [-0.2, 0) is 4.79 Å². The summed E-state index contributed by atoms with van der Waals surface area (Å²) >= 11 is 0. The van der Waals surface area contributed by atoms with Gasteiger partial charge in [-0.2, -0.15) is 0 Å². The first kappa shape index (κ1) is 17.7. The molecule has 1 aromatic carbocycles. The van der Waals surface area contributed by atoms with Gasteiger partial charge in [-0.1, -0.05) is 36.4 Å². The highest BCUT2D eigenvalue weighted by atomic mass is 16.2. The minimum atomic E-state index is -0.0467. The van der Waals surface area contributed by atoms with Crippen molar-refractivity contribution in [3.05, 3.63) is 66.0 Å². The van der Waals surface area contributed by atoms with E-state index in [-0.39, 0.29) is 23.8 Å². The molecule has 0 bridgehead atoms. The lowest BCUT2D eigenvalue weighted by molar-refractivity contribution is -0.127. The molecule has 1 N–H and O–H groups in total. The third-order valence-corrected chi connectivity index (χ3v) is 5.59. The number of rotatable bonds is 5. The molecule has 4 rings (SSSR count). The Hall–Kier alpha value is -2.69. The van der Waals surface area contributed by atoms with E-state index in [0.717, 1.165) is 0 Å². The lowest BCUT2D eigenvalue weighted by Crippen LogP contribution is -2.44. The predicted molar refractivity (Wildman–Crippen MR) is 103 cm³/mol. The predicted octanol–water partition coefficient (Wildman–Crippen LogP) is 3.20. The van der Waals surface area contributed by atoms with Crippen LogP contribution in [0.3, 0.4) is 0 Å². The molecule has 0 spiro atoms. The van der Waals surface area contributed by atoms with Crippen molar-refractivity contribution in [2.45, 2.75) is 31.7 Å². The average molecular weight is 363 g/mol. The van der Waals surface area contributed by atoms with E-state index in [1.54, 1.807) is 18.3 Å². The van der Waals surface area contributed by atoms with Crippen molar-refractivity contribution in [2.24, 2.45) is 11.8 Å². The molecular weight excluding hydrogens is 338 g/mol. The van der Waals surface area contributed by atoms with E-state index in [1.807, 2.05) is 29.2 Å². The number of aromatic nitrogens is 1. The van der Waals surface area contributed by atoms with Crippen LogP contribution in [0.15, 0.2) is 54.7 Å². The van der Waals surface area contributed by atoms with Gasteiger partial charge in [0.05, 0.1) is 6.04 Å². The molecule has 1 aromatic heterocycles. The first-order valence-corrected chi connectivity index (χ1v) is 9.78. The van der Waals surface area contributed by atoms with Gasteiger partial charge in [-0.25, -0.2) is 0 Å². The standard InChI is InChI=1S/C22H25N3O2/c26-21(24-20(17-9-10-17)16-6-2-1-3-7-16)18-11-14-25(15-12-18)22(27)19-8-4-5-13-23-19/h1-8,13,17-18,20H,9-12,14-15H2,(H,24,26). The van der Waals surface area contributed by atoms with Crippen molar-refractivity contribution < 1.29 is 9.59 Å². The van der Waals surface area contributed by atoms with Gasteiger partial charge in [0.25, 0.3) is 5.91 Å². The molecule has 1 aliphatic carbocycles. The topological polar surface area (TPSA) is 62.3 Å². The van der Waals surface area contributed by atoms with Gasteiger partial charge in [-0.3, -0.25) is 14.6 Å². The zero-order chi connectivity index (χ0) is 18.6. The normalized spacial score (nSPS) is 18.7.